The molecule has 0 amide bonds. The molecule has 86 valence electrons. The lowest BCUT2D eigenvalue weighted by atomic mass is 10.2. The standard InChI is InChI=1S/C10H22ClNO2/c1-10(8-11)9-12-4-3-5-14-7-6-13-2/h10,12H,3-9H2,1-2H3. The van der Waals surface area contributed by atoms with Gasteiger partial charge in [-0.25, -0.2) is 0 Å². The number of alkyl halides is 1. The fourth-order valence-electron chi connectivity index (χ4n) is 0.947. The highest BCUT2D eigenvalue weighted by Crippen LogP contribution is 1.94. The summed E-state index contributed by atoms with van der Waals surface area (Å²) in [7, 11) is 1.68. The molecule has 14 heavy (non-hydrogen) atoms. The van der Waals surface area contributed by atoms with Crippen molar-refractivity contribution in [2.45, 2.75) is 13.3 Å². The van der Waals surface area contributed by atoms with E-state index in [1.165, 1.54) is 0 Å². The zero-order valence-electron chi connectivity index (χ0n) is 9.22. The van der Waals surface area contributed by atoms with Crippen molar-refractivity contribution >= 4 is 11.6 Å². The van der Waals surface area contributed by atoms with E-state index < -0.39 is 0 Å². The van der Waals surface area contributed by atoms with E-state index in [4.69, 9.17) is 21.1 Å². The second-order valence-corrected chi connectivity index (χ2v) is 3.73. The summed E-state index contributed by atoms with van der Waals surface area (Å²) in [4.78, 5) is 0. The maximum Gasteiger partial charge on any atom is 0.0700 e. The second kappa shape index (κ2) is 11.2. The van der Waals surface area contributed by atoms with Crippen LogP contribution in [0.4, 0.5) is 0 Å². The van der Waals surface area contributed by atoms with Crippen molar-refractivity contribution in [2.75, 3.05) is 45.9 Å². The Labute approximate surface area is 92.1 Å². The number of rotatable bonds is 10. The van der Waals surface area contributed by atoms with Crippen molar-refractivity contribution in [3.63, 3.8) is 0 Å². The van der Waals surface area contributed by atoms with E-state index in [0.717, 1.165) is 32.0 Å². The maximum atomic E-state index is 5.67. The van der Waals surface area contributed by atoms with E-state index in [-0.39, 0.29) is 0 Å². The first-order chi connectivity index (χ1) is 6.81. The predicted molar refractivity (Wildman–Crippen MR) is 60.1 cm³/mol. The summed E-state index contributed by atoms with van der Waals surface area (Å²) in [5, 5.41) is 3.33. The summed E-state index contributed by atoms with van der Waals surface area (Å²) in [6.45, 7) is 6.28. The van der Waals surface area contributed by atoms with Gasteiger partial charge >= 0.3 is 0 Å². The highest BCUT2D eigenvalue weighted by molar-refractivity contribution is 6.18. The molecule has 0 aliphatic carbocycles. The first kappa shape index (κ1) is 14.2. The minimum Gasteiger partial charge on any atom is -0.382 e. The Morgan fingerprint density at radius 3 is 2.71 bits per heavy atom. The summed E-state index contributed by atoms with van der Waals surface area (Å²) < 4.78 is 10.2. The van der Waals surface area contributed by atoms with E-state index in [2.05, 4.69) is 12.2 Å². The van der Waals surface area contributed by atoms with Gasteiger partial charge in [0.1, 0.15) is 0 Å². The molecule has 0 saturated carbocycles. The highest BCUT2D eigenvalue weighted by Gasteiger charge is 1.97. The number of halogens is 1. The van der Waals surface area contributed by atoms with Crippen molar-refractivity contribution in [3.05, 3.63) is 0 Å². The summed E-state index contributed by atoms with van der Waals surface area (Å²) >= 11 is 5.67. The van der Waals surface area contributed by atoms with Gasteiger partial charge in [-0.3, -0.25) is 0 Å². The second-order valence-electron chi connectivity index (χ2n) is 3.42. The summed E-state index contributed by atoms with van der Waals surface area (Å²) in [5.41, 5.74) is 0. The Balaban J connectivity index is 2.92. The highest BCUT2D eigenvalue weighted by atomic mass is 35.5. The topological polar surface area (TPSA) is 30.5 Å². The third kappa shape index (κ3) is 10.3. The molecule has 0 fully saturated rings. The molecule has 0 aromatic carbocycles. The van der Waals surface area contributed by atoms with Crippen molar-refractivity contribution in [1.82, 2.24) is 5.32 Å². The fraction of sp³-hybridized carbons (Fsp3) is 1.00. The molecule has 0 aromatic heterocycles. The quantitative estimate of drug-likeness (QED) is 0.450. The fourth-order valence-corrected chi connectivity index (χ4v) is 1.06. The number of ether oxygens (including phenoxy) is 2. The molecule has 0 rings (SSSR count). The van der Waals surface area contributed by atoms with E-state index in [0.29, 0.717) is 19.1 Å². The molecule has 0 aromatic rings. The average molecular weight is 224 g/mol. The Morgan fingerprint density at radius 1 is 1.29 bits per heavy atom. The number of hydrogen-bond donors (Lipinski definition) is 1. The zero-order valence-corrected chi connectivity index (χ0v) is 9.98. The van der Waals surface area contributed by atoms with Gasteiger partial charge in [-0.15, -0.1) is 11.6 Å². The van der Waals surface area contributed by atoms with Gasteiger partial charge in [0.05, 0.1) is 13.2 Å². The van der Waals surface area contributed by atoms with Crippen molar-refractivity contribution in [3.8, 4) is 0 Å². The third-order valence-corrected chi connectivity index (χ3v) is 2.36. The molecule has 0 aliphatic rings. The van der Waals surface area contributed by atoms with Gasteiger partial charge < -0.3 is 14.8 Å². The molecule has 4 heteroatoms. The SMILES string of the molecule is COCCOCCCNCC(C)CCl. The van der Waals surface area contributed by atoms with Crippen molar-refractivity contribution < 1.29 is 9.47 Å². The minimum absolute atomic E-state index is 0.547. The van der Waals surface area contributed by atoms with Gasteiger partial charge in [-0.1, -0.05) is 6.92 Å². The number of methoxy groups -OCH3 is 1. The van der Waals surface area contributed by atoms with Crippen LogP contribution in [0.5, 0.6) is 0 Å². The van der Waals surface area contributed by atoms with Gasteiger partial charge in [0.2, 0.25) is 0 Å². The Morgan fingerprint density at radius 2 is 2.07 bits per heavy atom. The van der Waals surface area contributed by atoms with Crippen LogP contribution in [-0.4, -0.2) is 45.9 Å². The normalized spacial score (nSPS) is 13.1. The van der Waals surface area contributed by atoms with Crippen molar-refractivity contribution in [2.24, 2.45) is 5.92 Å². The van der Waals surface area contributed by atoms with Crippen LogP contribution in [0.1, 0.15) is 13.3 Å². The minimum atomic E-state index is 0.547. The van der Waals surface area contributed by atoms with Crippen LogP contribution < -0.4 is 5.32 Å². The summed E-state index contributed by atoms with van der Waals surface area (Å²) in [6.07, 6.45) is 1.04. The Kier molecular flexibility index (Phi) is 11.4. The number of nitrogens with one attached hydrogen (secondary N) is 1. The average Bonchev–Trinajstić information content (AvgIpc) is 2.21. The maximum absolute atomic E-state index is 5.67. The van der Waals surface area contributed by atoms with Crippen LogP contribution in [-0.2, 0) is 9.47 Å². The van der Waals surface area contributed by atoms with E-state index >= 15 is 0 Å². The van der Waals surface area contributed by atoms with E-state index in [1.807, 2.05) is 0 Å². The summed E-state index contributed by atoms with van der Waals surface area (Å²) in [5.74, 6) is 1.27. The lowest BCUT2D eigenvalue weighted by molar-refractivity contribution is 0.0694. The molecule has 0 bridgehead atoms. The first-order valence-corrected chi connectivity index (χ1v) is 5.68. The van der Waals surface area contributed by atoms with Crippen LogP contribution in [0.15, 0.2) is 0 Å². The van der Waals surface area contributed by atoms with Crippen molar-refractivity contribution in [1.29, 1.82) is 0 Å². The molecule has 1 unspecified atom stereocenters. The van der Waals surface area contributed by atoms with Crippen LogP contribution in [0.3, 0.4) is 0 Å². The molecule has 0 radical (unpaired) electrons. The molecule has 3 nitrogen and oxygen atoms in total. The molecular formula is C10H22ClNO2. The molecule has 0 aliphatic heterocycles. The van der Waals surface area contributed by atoms with Crippen LogP contribution in [0.25, 0.3) is 0 Å². The molecule has 1 N–H and O–H groups in total. The lowest BCUT2D eigenvalue weighted by Gasteiger charge is -2.09. The van der Waals surface area contributed by atoms with Crippen LogP contribution in [0, 0.1) is 5.92 Å². The predicted octanol–water partition coefficient (Wildman–Crippen LogP) is 1.50. The number of hydrogen-bond acceptors (Lipinski definition) is 3. The zero-order chi connectivity index (χ0) is 10.6. The third-order valence-electron chi connectivity index (χ3n) is 1.83. The summed E-state index contributed by atoms with van der Waals surface area (Å²) in [6, 6.07) is 0. The Hall–Kier alpha value is 0.170. The molecule has 1 atom stereocenters. The van der Waals surface area contributed by atoms with Gasteiger partial charge in [0.25, 0.3) is 0 Å². The Bertz CT molecular complexity index is 114. The van der Waals surface area contributed by atoms with Crippen LogP contribution in [0.2, 0.25) is 0 Å². The van der Waals surface area contributed by atoms with Gasteiger partial charge in [-0.05, 0) is 25.4 Å². The molecule has 0 spiro atoms. The van der Waals surface area contributed by atoms with Crippen LogP contribution >= 0.6 is 11.6 Å². The lowest BCUT2D eigenvalue weighted by Crippen LogP contribution is -2.24. The molecule has 0 saturated heterocycles. The van der Waals surface area contributed by atoms with Gasteiger partial charge in [0.15, 0.2) is 0 Å². The van der Waals surface area contributed by atoms with E-state index in [1.54, 1.807) is 7.11 Å². The van der Waals surface area contributed by atoms with E-state index in [9.17, 15) is 0 Å². The monoisotopic (exact) mass is 223 g/mol. The largest absolute Gasteiger partial charge is 0.382 e. The molecule has 0 heterocycles. The van der Waals surface area contributed by atoms with Gasteiger partial charge in [0, 0.05) is 19.6 Å². The van der Waals surface area contributed by atoms with Gasteiger partial charge in [-0.2, -0.15) is 0 Å². The first-order valence-electron chi connectivity index (χ1n) is 5.14. The molecular weight excluding hydrogens is 202 g/mol. The smallest absolute Gasteiger partial charge is 0.0700 e.